The number of carbonyl (C=O) groups is 1. The molecule has 2 heterocycles. The summed E-state index contributed by atoms with van der Waals surface area (Å²) in [6.45, 7) is 4.27. The van der Waals surface area contributed by atoms with Crippen molar-refractivity contribution in [3.05, 3.63) is 29.3 Å². The van der Waals surface area contributed by atoms with Gasteiger partial charge in [-0.2, -0.15) is 0 Å². The van der Waals surface area contributed by atoms with E-state index in [0.29, 0.717) is 12.3 Å². The summed E-state index contributed by atoms with van der Waals surface area (Å²) >= 11 is 1.44. The first-order valence-electron chi connectivity index (χ1n) is 10.3. The maximum Gasteiger partial charge on any atom is 0.230 e. The van der Waals surface area contributed by atoms with Gasteiger partial charge in [-0.05, 0) is 62.6 Å². The fourth-order valence-corrected chi connectivity index (χ4v) is 4.81. The van der Waals surface area contributed by atoms with Crippen LogP contribution in [0.4, 0.5) is 0 Å². The van der Waals surface area contributed by atoms with Gasteiger partial charge in [0.15, 0.2) is 11.0 Å². The molecule has 150 valence electrons. The molecule has 1 aliphatic heterocycles. The number of thioether (sulfide) groups is 1. The zero-order valence-corrected chi connectivity index (χ0v) is 17.3. The summed E-state index contributed by atoms with van der Waals surface area (Å²) < 4.78 is 7.65. The number of benzene rings is 1. The molecule has 1 N–H and O–H groups in total. The molecule has 1 aromatic heterocycles. The molecule has 4 rings (SSSR count). The van der Waals surface area contributed by atoms with Crippen LogP contribution in [0.1, 0.15) is 43.7 Å². The van der Waals surface area contributed by atoms with Crippen molar-refractivity contribution >= 4 is 17.7 Å². The van der Waals surface area contributed by atoms with Gasteiger partial charge in [-0.3, -0.25) is 4.79 Å². The largest absolute Gasteiger partial charge is 0.376 e. The fraction of sp³-hybridized carbons (Fsp3) is 0.571. The molecule has 1 saturated heterocycles. The van der Waals surface area contributed by atoms with Crippen LogP contribution in [-0.2, 0) is 28.9 Å². The third-order valence-electron chi connectivity index (χ3n) is 5.52. The summed E-state index contributed by atoms with van der Waals surface area (Å²) in [5.74, 6) is 1.24. The molecule has 7 heteroatoms. The molecule has 0 bridgehead atoms. The van der Waals surface area contributed by atoms with E-state index in [2.05, 4.69) is 45.2 Å². The van der Waals surface area contributed by atoms with E-state index in [4.69, 9.17) is 4.74 Å². The van der Waals surface area contributed by atoms with Crippen LogP contribution >= 0.6 is 11.8 Å². The van der Waals surface area contributed by atoms with E-state index in [-0.39, 0.29) is 12.0 Å². The Morgan fingerprint density at radius 2 is 2.11 bits per heavy atom. The molecular formula is C21H28N4O2S. The molecule has 1 aromatic carbocycles. The summed E-state index contributed by atoms with van der Waals surface area (Å²) in [6.07, 6.45) is 7.16. The number of aryl methyl sites for hydroxylation is 2. The molecule has 2 aromatic rings. The Morgan fingerprint density at radius 1 is 1.25 bits per heavy atom. The standard InChI is InChI=1S/C21H28N4O2S/c1-2-25-20(17-10-9-15-6-3-4-7-16(15)12-17)23-24-21(25)28-14-19(26)22-13-18-8-5-11-27-18/h9-10,12,18H,2-8,11,13-14H2,1H3,(H,22,26)/t18-/m0/s1. The number of nitrogens with one attached hydrogen (secondary N) is 1. The van der Waals surface area contributed by atoms with Gasteiger partial charge < -0.3 is 14.6 Å². The van der Waals surface area contributed by atoms with Crippen molar-refractivity contribution in [2.75, 3.05) is 18.9 Å². The number of hydrogen-bond acceptors (Lipinski definition) is 5. The van der Waals surface area contributed by atoms with Crippen molar-refractivity contribution in [1.82, 2.24) is 20.1 Å². The Kier molecular flexibility index (Phi) is 6.32. The van der Waals surface area contributed by atoms with Gasteiger partial charge >= 0.3 is 0 Å². The number of amides is 1. The van der Waals surface area contributed by atoms with Crippen LogP contribution in [0.5, 0.6) is 0 Å². The van der Waals surface area contributed by atoms with E-state index < -0.39 is 0 Å². The van der Waals surface area contributed by atoms with E-state index in [1.807, 2.05) is 0 Å². The highest BCUT2D eigenvalue weighted by molar-refractivity contribution is 7.99. The highest BCUT2D eigenvalue weighted by Crippen LogP contribution is 2.28. The quantitative estimate of drug-likeness (QED) is 0.723. The summed E-state index contributed by atoms with van der Waals surface area (Å²) in [6, 6.07) is 6.67. The molecule has 0 saturated carbocycles. The number of ether oxygens (including phenoxy) is 1. The van der Waals surface area contributed by atoms with Crippen molar-refractivity contribution in [2.24, 2.45) is 0 Å². The molecule has 1 atom stereocenters. The van der Waals surface area contributed by atoms with Gasteiger partial charge in [-0.15, -0.1) is 10.2 Å². The average Bonchev–Trinajstić information content (AvgIpc) is 3.39. The maximum atomic E-state index is 12.2. The molecular weight excluding hydrogens is 372 g/mol. The lowest BCUT2D eigenvalue weighted by Crippen LogP contribution is -2.32. The van der Waals surface area contributed by atoms with Crippen molar-refractivity contribution in [3.8, 4) is 11.4 Å². The normalized spacial score (nSPS) is 18.8. The second-order valence-electron chi connectivity index (χ2n) is 7.47. The van der Waals surface area contributed by atoms with Gasteiger partial charge in [-0.1, -0.05) is 23.9 Å². The monoisotopic (exact) mass is 400 g/mol. The van der Waals surface area contributed by atoms with Gasteiger partial charge in [0.1, 0.15) is 0 Å². The smallest absolute Gasteiger partial charge is 0.230 e. The third kappa shape index (κ3) is 4.41. The van der Waals surface area contributed by atoms with Crippen LogP contribution in [0.2, 0.25) is 0 Å². The lowest BCUT2D eigenvalue weighted by atomic mass is 9.90. The summed E-state index contributed by atoms with van der Waals surface area (Å²) in [7, 11) is 0. The predicted octanol–water partition coefficient (Wildman–Crippen LogP) is 3.23. The number of nitrogens with zero attached hydrogens (tertiary/aromatic N) is 3. The molecule has 0 spiro atoms. The molecule has 28 heavy (non-hydrogen) atoms. The van der Waals surface area contributed by atoms with E-state index in [1.54, 1.807) is 0 Å². The lowest BCUT2D eigenvalue weighted by molar-refractivity contribution is -0.119. The van der Waals surface area contributed by atoms with E-state index in [9.17, 15) is 4.79 Å². The number of hydrogen-bond donors (Lipinski definition) is 1. The Hall–Kier alpha value is -1.86. The molecule has 2 aliphatic rings. The topological polar surface area (TPSA) is 69.0 Å². The number of carbonyl (C=O) groups excluding carboxylic acids is 1. The van der Waals surface area contributed by atoms with Crippen LogP contribution < -0.4 is 5.32 Å². The zero-order chi connectivity index (χ0) is 19.3. The highest BCUT2D eigenvalue weighted by atomic mass is 32.2. The Bertz CT molecular complexity index is 830. The second kappa shape index (κ2) is 9.09. The van der Waals surface area contributed by atoms with Crippen LogP contribution in [-0.4, -0.2) is 45.7 Å². The van der Waals surface area contributed by atoms with Gasteiger partial charge in [0.2, 0.25) is 5.91 Å². The van der Waals surface area contributed by atoms with Crippen molar-refractivity contribution in [1.29, 1.82) is 0 Å². The Balaban J connectivity index is 1.40. The first kappa shape index (κ1) is 19.5. The second-order valence-corrected chi connectivity index (χ2v) is 8.41. The molecule has 0 radical (unpaired) electrons. The summed E-state index contributed by atoms with van der Waals surface area (Å²) in [5, 5.41) is 12.5. The molecule has 6 nitrogen and oxygen atoms in total. The van der Waals surface area contributed by atoms with Gasteiger partial charge in [-0.25, -0.2) is 0 Å². The zero-order valence-electron chi connectivity index (χ0n) is 16.4. The summed E-state index contributed by atoms with van der Waals surface area (Å²) in [4.78, 5) is 12.2. The van der Waals surface area contributed by atoms with Gasteiger partial charge in [0.05, 0.1) is 11.9 Å². The van der Waals surface area contributed by atoms with Crippen LogP contribution in [0.3, 0.4) is 0 Å². The highest BCUT2D eigenvalue weighted by Gasteiger charge is 2.18. The van der Waals surface area contributed by atoms with Gasteiger partial charge in [0.25, 0.3) is 0 Å². The van der Waals surface area contributed by atoms with E-state index in [1.165, 1.54) is 42.2 Å². The molecule has 0 unspecified atom stereocenters. The predicted molar refractivity (Wildman–Crippen MR) is 110 cm³/mol. The van der Waals surface area contributed by atoms with E-state index in [0.717, 1.165) is 49.0 Å². The van der Waals surface area contributed by atoms with Crippen molar-refractivity contribution < 1.29 is 9.53 Å². The average molecular weight is 401 g/mol. The molecule has 1 aliphatic carbocycles. The number of fused-ring (bicyclic) bond motifs is 1. The minimum Gasteiger partial charge on any atom is -0.376 e. The molecule has 1 amide bonds. The van der Waals surface area contributed by atoms with Crippen LogP contribution in [0.25, 0.3) is 11.4 Å². The van der Waals surface area contributed by atoms with E-state index >= 15 is 0 Å². The minimum atomic E-state index is 0.0153. The first-order chi connectivity index (χ1) is 13.7. The summed E-state index contributed by atoms with van der Waals surface area (Å²) in [5.41, 5.74) is 4.02. The van der Waals surface area contributed by atoms with Crippen molar-refractivity contribution in [2.45, 2.75) is 63.3 Å². The SMILES string of the molecule is CCn1c(SCC(=O)NC[C@@H]2CCCO2)nnc1-c1ccc2c(c1)CCCC2. The third-order valence-corrected chi connectivity index (χ3v) is 6.49. The number of rotatable bonds is 7. The number of aromatic nitrogens is 3. The Labute approximate surface area is 170 Å². The maximum absolute atomic E-state index is 12.2. The Morgan fingerprint density at radius 3 is 2.89 bits per heavy atom. The minimum absolute atomic E-state index is 0.0153. The molecule has 1 fully saturated rings. The van der Waals surface area contributed by atoms with Gasteiger partial charge in [0, 0.05) is 25.3 Å². The van der Waals surface area contributed by atoms with Crippen LogP contribution in [0.15, 0.2) is 23.4 Å². The lowest BCUT2D eigenvalue weighted by Gasteiger charge is -2.16. The fourth-order valence-electron chi connectivity index (χ4n) is 3.98. The first-order valence-corrected chi connectivity index (χ1v) is 11.3. The van der Waals surface area contributed by atoms with Crippen molar-refractivity contribution in [3.63, 3.8) is 0 Å². The van der Waals surface area contributed by atoms with Crippen LogP contribution in [0, 0.1) is 0 Å².